The first-order valence-corrected chi connectivity index (χ1v) is 17.8. The first kappa shape index (κ1) is 40.6. The maximum Gasteiger partial charge on any atom is 0.306 e. The summed E-state index contributed by atoms with van der Waals surface area (Å²) >= 11 is 0. The molecule has 0 spiro atoms. The normalized spacial score (nSPS) is 13.0. The third kappa shape index (κ3) is 34.0. The number of carboxylic acids is 1. The Bertz CT molecular complexity index is 774. The Labute approximate surface area is 265 Å². The molecule has 0 amide bonds. The monoisotopic (exact) mass is 598 g/mol. The molecular weight excluding hydrogens is 532 g/mol. The predicted molar refractivity (Wildman–Crippen MR) is 185 cm³/mol. The van der Waals surface area contributed by atoms with E-state index in [1.807, 2.05) is 12.2 Å². The Morgan fingerprint density at radius 1 is 0.535 bits per heavy atom. The van der Waals surface area contributed by atoms with Crippen LogP contribution in [0, 0.1) is 0 Å². The predicted octanol–water partition coefficient (Wildman–Crippen LogP) is 12.2. The highest BCUT2D eigenvalue weighted by Gasteiger charge is 2.11. The van der Waals surface area contributed by atoms with E-state index in [4.69, 9.17) is 9.84 Å². The molecule has 1 unspecified atom stereocenters. The van der Waals surface area contributed by atoms with Gasteiger partial charge in [0.25, 0.3) is 0 Å². The molecule has 4 nitrogen and oxygen atoms in total. The Balaban J connectivity index is 4.12. The maximum absolute atomic E-state index is 12.5. The van der Waals surface area contributed by atoms with Crippen molar-refractivity contribution in [3.8, 4) is 0 Å². The van der Waals surface area contributed by atoms with Crippen LogP contribution in [-0.4, -0.2) is 23.1 Å². The van der Waals surface area contributed by atoms with Gasteiger partial charge in [0.05, 0.1) is 0 Å². The molecule has 0 heterocycles. The van der Waals surface area contributed by atoms with Gasteiger partial charge in [-0.1, -0.05) is 152 Å². The van der Waals surface area contributed by atoms with Crippen molar-refractivity contribution < 1.29 is 19.4 Å². The van der Waals surface area contributed by atoms with Gasteiger partial charge in [0.2, 0.25) is 0 Å². The molecule has 1 N–H and O–H groups in total. The summed E-state index contributed by atoms with van der Waals surface area (Å²) in [5, 5.41) is 8.91. The lowest BCUT2D eigenvalue weighted by atomic mass is 10.0. The SMILES string of the molecule is CC/C=C\C/C=C\C/C=C\C/C=C\C/C=C\C(CCCCC(=O)O)OC(=O)CCCCCCCCCCCCCCCC. The van der Waals surface area contributed by atoms with Gasteiger partial charge in [-0.2, -0.15) is 0 Å². The van der Waals surface area contributed by atoms with Gasteiger partial charge in [0.1, 0.15) is 6.10 Å². The zero-order chi connectivity index (χ0) is 31.5. The highest BCUT2D eigenvalue weighted by atomic mass is 16.5. The van der Waals surface area contributed by atoms with Gasteiger partial charge in [-0.15, -0.1) is 0 Å². The molecule has 0 aromatic rings. The van der Waals surface area contributed by atoms with Crippen molar-refractivity contribution in [2.45, 2.75) is 174 Å². The Morgan fingerprint density at radius 3 is 1.42 bits per heavy atom. The van der Waals surface area contributed by atoms with Crippen molar-refractivity contribution in [1.29, 1.82) is 0 Å². The van der Waals surface area contributed by atoms with Crippen LogP contribution in [0.4, 0.5) is 0 Å². The number of esters is 1. The summed E-state index contributed by atoms with van der Waals surface area (Å²) in [5.41, 5.74) is 0. The van der Waals surface area contributed by atoms with Crippen LogP contribution in [0.25, 0.3) is 0 Å². The van der Waals surface area contributed by atoms with Gasteiger partial charge in [0.15, 0.2) is 0 Å². The molecule has 0 aliphatic carbocycles. The molecule has 0 aromatic heterocycles. The van der Waals surface area contributed by atoms with E-state index in [1.54, 1.807) is 0 Å². The van der Waals surface area contributed by atoms with Crippen LogP contribution in [0.1, 0.15) is 168 Å². The van der Waals surface area contributed by atoms with Crippen LogP contribution in [0.3, 0.4) is 0 Å². The van der Waals surface area contributed by atoms with E-state index in [0.717, 1.165) is 51.4 Å². The summed E-state index contributed by atoms with van der Waals surface area (Å²) in [6.45, 7) is 4.41. The van der Waals surface area contributed by atoms with Crippen LogP contribution in [0.15, 0.2) is 60.8 Å². The van der Waals surface area contributed by atoms with Gasteiger partial charge in [0, 0.05) is 12.8 Å². The minimum Gasteiger partial charge on any atom is -0.481 e. The van der Waals surface area contributed by atoms with Crippen molar-refractivity contribution in [3.63, 3.8) is 0 Å². The lowest BCUT2D eigenvalue weighted by molar-refractivity contribution is -0.147. The van der Waals surface area contributed by atoms with Gasteiger partial charge in [-0.3, -0.25) is 9.59 Å². The van der Waals surface area contributed by atoms with E-state index in [0.29, 0.717) is 19.3 Å². The Morgan fingerprint density at radius 2 is 0.953 bits per heavy atom. The largest absolute Gasteiger partial charge is 0.481 e. The molecule has 0 saturated carbocycles. The highest BCUT2D eigenvalue weighted by molar-refractivity contribution is 5.69. The number of carboxylic acid groups (broad SMARTS) is 1. The molecule has 246 valence electrons. The summed E-state index contributed by atoms with van der Waals surface area (Å²) in [5.74, 6) is -0.913. The fraction of sp³-hybridized carbons (Fsp3) is 0.692. The fourth-order valence-electron chi connectivity index (χ4n) is 4.89. The third-order valence-electron chi connectivity index (χ3n) is 7.49. The zero-order valence-corrected chi connectivity index (χ0v) is 28.0. The third-order valence-corrected chi connectivity index (χ3v) is 7.49. The summed E-state index contributed by atoms with van der Waals surface area (Å²) in [7, 11) is 0. The molecular formula is C39H66O4. The molecule has 0 bridgehead atoms. The van der Waals surface area contributed by atoms with Crippen molar-refractivity contribution >= 4 is 11.9 Å². The number of unbranched alkanes of at least 4 members (excludes halogenated alkanes) is 14. The molecule has 0 rings (SSSR count). The average molecular weight is 599 g/mol. The highest BCUT2D eigenvalue weighted by Crippen LogP contribution is 2.15. The summed E-state index contributed by atoms with van der Waals surface area (Å²) in [4.78, 5) is 23.3. The van der Waals surface area contributed by atoms with E-state index >= 15 is 0 Å². The minimum atomic E-state index is -0.777. The number of hydrogen-bond acceptors (Lipinski definition) is 3. The number of aliphatic carboxylic acids is 1. The lowest BCUT2D eigenvalue weighted by Crippen LogP contribution is -2.16. The molecule has 43 heavy (non-hydrogen) atoms. The summed E-state index contributed by atoms with van der Waals surface area (Å²) in [6.07, 6.45) is 46.7. The van der Waals surface area contributed by atoms with Crippen LogP contribution < -0.4 is 0 Å². The van der Waals surface area contributed by atoms with Gasteiger partial charge in [-0.25, -0.2) is 0 Å². The average Bonchev–Trinajstić information content (AvgIpc) is 2.99. The van der Waals surface area contributed by atoms with E-state index in [2.05, 4.69) is 62.5 Å². The first-order chi connectivity index (χ1) is 21.1. The molecule has 0 aromatic carbocycles. The molecule has 0 aliphatic rings. The summed E-state index contributed by atoms with van der Waals surface area (Å²) < 4.78 is 5.77. The van der Waals surface area contributed by atoms with E-state index < -0.39 is 5.97 Å². The smallest absolute Gasteiger partial charge is 0.306 e. The maximum atomic E-state index is 12.5. The Kier molecular flexibility index (Phi) is 32.3. The van der Waals surface area contributed by atoms with Crippen LogP contribution in [-0.2, 0) is 14.3 Å². The van der Waals surface area contributed by atoms with E-state index in [9.17, 15) is 9.59 Å². The molecule has 0 aliphatic heterocycles. The van der Waals surface area contributed by atoms with Crippen LogP contribution in [0.5, 0.6) is 0 Å². The van der Waals surface area contributed by atoms with Crippen molar-refractivity contribution in [2.75, 3.05) is 0 Å². The second kappa shape index (κ2) is 34.1. The number of ether oxygens (including phenoxy) is 1. The van der Waals surface area contributed by atoms with Gasteiger partial charge < -0.3 is 9.84 Å². The number of rotatable bonds is 31. The van der Waals surface area contributed by atoms with Gasteiger partial charge in [-0.05, 0) is 63.9 Å². The molecule has 0 saturated heterocycles. The second-order valence-electron chi connectivity index (χ2n) is 11.7. The number of allylic oxidation sites excluding steroid dienone is 9. The zero-order valence-electron chi connectivity index (χ0n) is 28.0. The van der Waals surface area contributed by atoms with Gasteiger partial charge >= 0.3 is 11.9 Å². The van der Waals surface area contributed by atoms with Crippen molar-refractivity contribution in [1.82, 2.24) is 0 Å². The first-order valence-electron chi connectivity index (χ1n) is 17.8. The minimum absolute atomic E-state index is 0.136. The van der Waals surface area contributed by atoms with E-state index in [1.165, 1.54) is 77.0 Å². The van der Waals surface area contributed by atoms with Crippen LogP contribution in [0.2, 0.25) is 0 Å². The standard InChI is InChI=1S/C39H66O4/c1-3-5-7-9-11-13-15-17-19-21-23-25-27-29-33-37(34-31-32-35-38(40)41)43-39(42)36-30-28-26-24-22-20-18-16-14-12-10-8-6-4-2/h5,7,11,13,17,19,23,25,29,33,37H,3-4,6,8-10,12,14-16,18,20-22,24,26-28,30-32,34-36H2,1-2H3,(H,40,41)/b7-5-,13-11-,19-17-,25-23-,33-29-. The lowest BCUT2D eigenvalue weighted by Gasteiger charge is -2.14. The molecule has 0 fully saturated rings. The molecule has 4 heteroatoms. The topological polar surface area (TPSA) is 63.6 Å². The second-order valence-corrected chi connectivity index (χ2v) is 11.7. The number of hydrogen-bond donors (Lipinski definition) is 1. The quantitative estimate of drug-likeness (QED) is 0.0490. The van der Waals surface area contributed by atoms with Crippen LogP contribution >= 0.6 is 0 Å². The molecule has 0 radical (unpaired) electrons. The van der Waals surface area contributed by atoms with Crippen molar-refractivity contribution in [3.05, 3.63) is 60.8 Å². The summed E-state index contributed by atoms with van der Waals surface area (Å²) in [6, 6.07) is 0. The number of carbonyl (C=O) groups is 2. The Hall–Kier alpha value is -2.36. The molecule has 1 atom stereocenters. The number of carbonyl (C=O) groups excluding carboxylic acids is 1. The van der Waals surface area contributed by atoms with E-state index in [-0.39, 0.29) is 18.5 Å². The van der Waals surface area contributed by atoms with Crippen molar-refractivity contribution in [2.24, 2.45) is 0 Å². The fourth-order valence-corrected chi connectivity index (χ4v) is 4.89.